The van der Waals surface area contributed by atoms with Crippen LogP contribution in [0.3, 0.4) is 0 Å². The maximum atomic E-state index is 6.07. The van der Waals surface area contributed by atoms with Gasteiger partial charge in [0.25, 0.3) is 0 Å². The average Bonchev–Trinajstić information content (AvgIpc) is 2.35. The molecule has 1 atom stereocenters. The van der Waals surface area contributed by atoms with Gasteiger partial charge in [0, 0.05) is 16.6 Å². The van der Waals surface area contributed by atoms with Crippen molar-refractivity contribution in [2.24, 2.45) is 5.92 Å². The molecular weight excluding hydrogens is 257 g/mol. The number of benzene rings is 1. The van der Waals surface area contributed by atoms with Crippen molar-refractivity contribution >= 4 is 23.2 Å². The lowest BCUT2D eigenvalue weighted by Gasteiger charge is -2.22. The van der Waals surface area contributed by atoms with Gasteiger partial charge in [0.2, 0.25) is 0 Å². The average molecular weight is 274 g/mol. The molecule has 1 saturated heterocycles. The highest BCUT2D eigenvalue weighted by atomic mass is 35.5. The zero-order valence-electron chi connectivity index (χ0n) is 9.72. The Bertz CT molecular complexity index is 364. The molecule has 0 amide bonds. The summed E-state index contributed by atoms with van der Waals surface area (Å²) in [6, 6.07) is 5.46. The summed E-state index contributed by atoms with van der Waals surface area (Å²) in [5, 5.41) is 4.80. The van der Waals surface area contributed by atoms with Gasteiger partial charge in [-0.05, 0) is 49.1 Å². The summed E-state index contributed by atoms with van der Waals surface area (Å²) < 4.78 is 5.71. The molecule has 1 fully saturated rings. The van der Waals surface area contributed by atoms with Gasteiger partial charge in [-0.15, -0.1) is 0 Å². The molecule has 1 unspecified atom stereocenters. The molecule has 0 saturated carbocycles. The van der Waals surface area contributed by atoms with Crippen molar-refractivity contribution in [2.75, 3.05) is 19.7 Å². The van der Waals surface area contributed by atoms with Crippen LogP contribution in [0.25, 0.3) is 0 Å². The van der Waals surface area contributed by atoms with Crippen molar-refractivity contribution in [3.8, 4) is 0 Å². The van der Waals surface area contributed by atoms with Crippen LogP contribution in [-0.4, -0.2) is 19.7 Å². The summed E-state index contributed by atoms with van der Waals surface area (Å²) in [4.78, 5) is 0. The Morgan fingerprint density at radius 1 is 1.35 bits per heavy atom. The molecule has 2 rings (SSSR count). The molecule has 0 aromatic heterocycles. The summed E-state index contributed by atoms with van der Waals surface area (Å²) in [6.07, 6.45) is 2.49. The van der Waals surface area contributed by atoms with Crippen LogP contribution < -0.4 is 5.32 Å². The lowest BCUT2D eigenvalue weighted by Crippen LogP contribution is -2.32. The van der Waals surface area contributed by atoms with Crippen LogP contribution in [0.2, 0.25) is 10.0 Å². The number of hydrogen-bond acceptors (Lipinski definition) is 2. The highest BCUT2D eigenvalue weighted by Crippen LogP contribution is 2.21. The molecule has 0 bridgehead atoms. The normalized spacial score (nSPS) is 20.5. The Morgan fingerprint density at radius 3 is 3.00 bits per heavy atom. The van der Waals surface area contributed by atoms with Gasteiger partial charge in [-0.25, -0.2) is 0 Å². The molecule has 1 N–H and O–H groups in total. The van der Waals surface area contributed by atoms with Gasteiger partial charge < -0.3 is 10.1 Å². The van der Waals surface area contributed by atoms with E-state index in [1.165, 1.54) is 12.8 Å². The zero-order valence-corrected chi connectivity index (χ0v) is 11.2. The van der Waals surface area contributed by atoms with E-state index in [1.807, 2.05) is 12.1 Å². The highest BCUT2D eigenvalue weighted by molar-refractivity contribution is 6.33. The minimum Gasteiger partial charge on any atom is -0.376 e. The quantitative estimate of drug-likeness (QED) is 0.907. The lowest BCUT2D eigenvalue weighted by molar-refractivity contribution is 0.0783. The van der Waals surface area contributed by atoms with E-state index in [0.29, 0.717) is 17.5 Å². The molecule has 1 aliphatic rings. The summed E-state index contributed by atoms with van der Waals surface area (Å²) in [5.41, 5.74) is 0.961. The molecular formula is C13H17Cl2NO. The third-order valence-corrected chi connectivity index (χ3v) is 3.62. The van der Waals surface area contributed by atoms with Crippen LogP contribution in [0.4, 0.5) is 0 Å². The van der Waals surface area contributed by atoms with E-state index in [1.54, 1.807) is 6.07 Å². The SMILES string of the molecule is Clc1ccc(Cl)c(COCC2CCCNC2)c1. The highest BCUT2D eigenvalue weighted by Gasteiger charge is 2.13. The predicted octanol–water partition coefficient (Wildman–Crippen LogP) is 3.51. The summed E-state index contributed by atoms with van der Waals surface area (Å²) in [7, 11) is 0. The Hall–Kier alpha value is -0.280. The Morgan fingerprint density at radius 2 is 2.24 bits per heavy atom. The maximum absolute atomic E-state index is 6.07. The van der Waals surface area contributed by atoms with Crippen molar-refractivity contribution in [3.63, 3.8) is 0 Å². The summed E-state index contributed by atoms with van der Waals surface area (Å²) >= 11 is 12.0. The predicted molar refractivity (Wildman–Crippen MR) is 71.7 cm³/mol. The number of ether oxygens (including phenoxy) is 1. The maximum Gasteiger partial charge on any atom is 0.0732 e. The molecule has 1 aromatic rings. The molecule has 1 heterocycles. The lowest BCUT2D eigenvalue weighted by atomic mass is 10.0. The summed E-state index contributed by atoms with van der Waals surface area (Å²) in [5.74, 6) is 0.627. The second-order valence-corrected chi connectivity index (χ2v) is 5.31. The van der Waals surface area contributed by atoms with Crippen LogP contribution in [0.5, 0.6) is 0 Å². The molecule has 0 spiro atoms. The zero-order chi connectivity index (χ0) is 12.1. The van der Waals surface area contributed by atoms with Gasteiger partial charge in [0.15, 0.2) is 0 Å². The van der Waals surface area contributed by atoms with E-state index >= 15 is 0 Å². The van der Waals surface area contributed by atoms with Crippen molar-refractivity contribution in [1.29, 1.82) is 0 Å². The molecule has 0 radical (unpaired) electrons. The number of hydrogen-bond donors (Lipinski definition) is 1. The van der Waals surface area contributed by atoms with E-state index in [-0.39, 0.29) is 0 Å². The molecule has 94 valence electrons. The monoisotopic (exact) mass is 273 g/mol. The van der Waals surface area contributed by atoms with E-state index in [9.17, 15) is 0 Å². The largest absolute Gasteiger partial charge is 0.376 e. The van der Waals surface area contributed by atoms with Gasteiger partial charge in [-0.1, -0.05) is 23.2 Å². The second kappa shape index (κ2) is 6.60. The third kappa shape index (κ3) is 4.14. The molecule has 2 nitrogen and oxygen atoms in total. The topological polar surface area (TPSA) is 21.3 Å². The fraction of sp³-hybridized carbons (Fsp3) is 0.538. The molecule has 1 aromatic carbocycles. The van der Waals surface area contributed by atoms with Gasteiger partial charge >= 0.3 is 0 Å². The van der Waals surface area contributed by atoms with E-state index < -0.39 is 0 Å². The number of halogens is 2. The first-order valence-electron chi connectivity index (χ1n) is 5.98. The number of nitrogens with one attached hydrogen (secondary N) is 1. The van der Waals surface area contributed by atoms with Gasteiger partial charge in [-0.3, -0.25) is 0 Å². The standard InChI is InChI=1S/C13H17Cl2NO/c14-12-3-4-13(15)11(6-12)9-17-8-10-2-1-5-16-7-10/h3-4,6,10,16H,1-2,5,7-9H2. The van der Waals surface area contributed by atoms with Crippen molar-refractivity contribution < 1.29 is 4.74 Å². The molecule has 4 heteroatoms. The first-order valence-corrected chi connectivity index (χ1v) is 6.73. The van der Waals surface area contributed by atoms with Gasteiger partial charge in [0.1, 0.15) is 0 Å². The van der Waals surface area contributed by atoms with Crippen LogP contribution >= 0.6 is 23.2 Å². The fourth-order valence-electron chi connectivity index (χ4n) is 2.06. The van der Waals surface area contributed by atoms with Crippen LogP contribution in [0, 0.1) is 5.92 Å². The van der Waals surface area contributed by atoms with Crippen LogP contribution in [0.15, 0.2) is 18.2 Å². The van der Waals surface area contributed by atoms with Crippen LogP contribution in [0.1, 0.15) is 18.4 Å². The molecule has 1 aliphatic heterocycles. The third-order valence-electron chi connectivity index (χ3n) is 3.02. The molecule has 0 aliphatic carbocycles. The molecule has 17 heavy (non-hydrogen) atoms. The first-order chi connectivity index (χ1) is 8.25. The van der Waals surface area contributed by atoms with Gasteiger partial charge in [0.05, 0.1) is 13.2 Å². The Balaban J connectivity index is 1.79. The van der Waals surface area contributed by atoms with E-state index in [2.05, 4.69) is 5.32 Å². The fourth-order valence-corrected chi connectivity index (χ4v) is 2.42. The first kappa shape index (κ1) is 13.2. The minimum atomic E-state index is 0.538. The van der Waals surface area contributed by atoms with Crippen molar-refractivity contribution in [3.05, 3.63) is 33.8 Å². The number of piperidine rings is 1. The Kier molecular flexibility index (Phi) is 5.11. The minimum absolute atomic E-state index is 0.538. The van der Waals surface area contributed by atoms with Crippen molar-refractivity contribution in [2.45, 2.75) is 19.4 Å². The Labute approximate surface area is 112 Å². The second-order valence-electron chi connectivity index (χ2n) is 4.46. The van der Waals surface area contributed by atoms with Crippen LogP contribution in [-0.2, 0) is 11.3 Å². The van der Waals surface area contributed by atoms with Gasteiger partial charge in [-0.2, -0.15) is 0 Å². The number of rotatable bonds is 4. The van der Waals surface area contributed by atoms with E-state index in [0.717, 1.165) is 30.3 Å². The smallest absolute Gasteiger partial charge is 0.0732 e. The van der Waals surface area contributed by atoms with E-state index in [4.69, 9.17) is 27.9 Å². The summed E-state index contributed by atoms with van der Waals surface area (Å²) in [6.45, 7) is 3.52. The van der Waals surface area contributed by atoms with Crippen molar-refractivity contribution in [1.82, 2.24) is 5.32 Å².